The Morgan fingerprint density at radius 1 is 1.31 bits per heavy atom. The van der Waals surface area contributed by atoms with Crippen LogP contribution >= 0.6 is 0 Å². The molecule has 0 radical (unpaired) electrons. The van der Waals surface area contributed by atoms with Crippen LogP contribution in [0.3, 0.4) is 0 Å². The lowest BCUT2D eigenvalue weighted by Crippen LogP contribution is -2.08. The maximum absolute atomic E-state index is 4.66. The van der Waals surface area contributed by atoms with Crippen molar-refractivity contribution in [1.29, 1.82) is 0 Å². The fraction of sp³-hybridized carbons (Fsp3) is 0.692. The number of aryl methyl sites for hydroxylation is 1. The first kappa shape index (κ1) is 11.4. The van der Waals surface area contributed by atoms with Crippen LogP contribution in [-0.4, -0.2) is 16.5 Å². The number of hydrogen-bond donors (Lipinski definition) is 1. The van der Waals surface area contributed by atoms with E-state index in [1.165, 1.54) is 12.0 Å². The van der Waals surface area contributed by atoms with Gasteiger partial charge in [0.25, 0.3) is 0 Å². The van der Waals surface area contributed by atoms with Gasteiger partial charge in [0.2, 0.25) is 0 Å². The summed E-state index contributed by atoms with van der Waals surface area (Å²) in [7, 11) is 0. The molecule has 88 valence electrons. The molecule has 0 saturated heterocycles. The summed E-state index contributed by atoms with van der Waals surface area (Å²) in [6.07, 6.45) is 2.37. The van der Waals surface area contributed by atoms with E-state index in [1.54, 1.807) is 0 Å². The van der Waals surface area contributed by atoms with E-state index in [0.29, 0.717) is 5.92 Å². The molecule has 1 aromatic heterocycles. The first-order chi connectivity index (χ1) is 7.63. The van der Waals surface area contributed by atoms with Gasteiger partial charge in [0.1, 0.15) is 11.6 Å². The van der Waals surface area contributed by atoms with E-state index in [0.717, 1.165) is 36.2 Å². The normalized spacial score (nSPS) is 23.2. The van der Waals surface area contributed by atoms with Crippen molar-refractivity contribution in [2.75, 3.05) is 11.9 Å². The summed E-state index contributed by atoms with van der Waals surface area (Å²) in [6.45, 7) is 9.58. The lowest BCUT2D eigenvalue weighted by atomic mass is 10.2. The number of aromatic nitrogens is 2. The Hall–Kier alpha value is -1.12. The summed E-state index contributed by atoms with van der Waals surface area (Å²) in [5.41, 5.74) is 2.30. The van der Waals surface area contributed by atoms with Crippen LogP contribution in [0.15, 0.2) is 0 Å². The van der Waals surface area contributed by atoms with E-state index in [1.807, 2.05) is 0 Å². The Bertz CT molecular complexity index is 387. The second-order valence-electron chi connectivity index (χ2n) is 4.89. The Labute approximate surface area is 97.7 Å². The van der Waals surface area contributed by atoms with Crippen molar-refractivity contribution in [2.24, 2.45) is 5.92 Å². The minimum Gasteiger partial charge on any atom is -0.370 e. The third-order valence-corrected chi connectivity index (χ3v) is 3.39. The summed E-state index contributed by atoms with van der Waals surface area (Å²) in [5.74, 6) is 3.43. The Kier molecular flexibility index (Phi) is 3.13. The highest BCUT2D eigenvalue weighted by molar-refractivity contribution is 5.46. The number of anilines is 1. The van der Waals surface area contributed by atoms with Crippen LogP contribution in [-0.2, 0) is 0 Å². The Morgan fingerprint density at radius 3 is 2.56 bits per heavy atom. The Balaban J connectivity index is 2.24. The number of nitrogens with zero attached hydrogens (tertiary/aromatic N) is 2. The van der Waals surface area contributed by atoms with Crippen LogP contribution < -0.4 is 5.32 Å². The highest BCUT2D eigenvalue weighted by Gasteiger charge is 2.37. The fourth-order valence-corrected chi connectivity index (χ4v) is 1.91. The molecule has 16 heavy (non-hydrogen) atoms. The summed E-state index contributed by atoms with van der Waals surface area (Å²) in [6, 6.07) is 0. The molecule has 1 fully saturated rings. The molecule has 0 amide bonds. The molecular formula is C13H21N3. The molecule has 3 heteroatoms. The summed E-state index contributed by atoms with van der Waals surface area (Å²) < 4.78 is 0. The lowest BCUT2D eigenvalue weighted by Gasteiger charge is -2.11. The van der Waals surface area contributed by atoms with Gasteiger partial charge >= 0.3 is 0 Å². The third kappa shape index (κ3) is 2.18. The van der Waals surface area contributed by atoms with E-state index in [9.17, 15) is 0 Å². The second kappa shape index (κ2) is 4.40. The van der Waals surface area contributed by atoms with E-state index in [-0.39, 0.29) is 0 Å². The third-order valence-electron chi connectivity index (χ3n) is 3.39. The van der Waals surface area contributed by atoms with E-state index >= 15 is 0 Å². The van der Waals surface area contributed by atoms with Gasteiger partial charge < -0.3 is 5.32 Å². The maximum atomic E-state index is 4.66. The van der Waals surface area contributed by atoms with Gasteiger partial charge in [-0.3, -0.25) is 0 Å². The minimum absolute atomic E-state index is 0.599. The van der Waals surface area contributed by atoms with Gasteiger partial charge in [0.05, 0.1) is 0 Å². The van der Waals surface area contributed by atoms with Crippen LogP contribution in [0.5, 0.6) is 0 Å². The van der Waals surface area contributed by atoms with Crippen molar-refractivity contribution >= 4 is 5.82 Å². The first-order valence-electron chi connectivity index (χ1n) is 6.22. The number of rotatable bonds is 4. The van der Waals surface area contributed by atoms with Gasteiger partial charge in [0.15, 0.2) is 0 Å². The molecule has 1 saturated carbocycles. The van der Waals surface area contributed by atoms with E-state index in [2.05, 4.69) is 43.0 Å². The average Bonchev–Trinajstić information content (AvgIpc) is 2.97. The minimum atomic E-state index is 0.599. The molecule has 2 unspecified atom stereocenters. The fourth-order valence-electron chi connectivity index (χ4n) is 1.91. The van der Waals surface area contributed by atoms with Crippen molar-refractivity contribution in [3.05, 3.63) is 17.1 Å². The van der Waals surface area contributed by atoms with E-state index in [4.69, 9.17) is 0 Å². The molecule has 1 aromatic rings. The van der Waals surface area contributed by atoms with Crippen LogP contribution in [0.4, 0.5) is 5.82 Å². The van der Waals surface area contributed by atoms with Crippen molar-refractivity contribution in [3.8, 4) is 0 Å². The average molecular weight is 219 g/mol. The molecule has 0 spiro atoms. The van der Waals surface area contributed by atoms with Crippen molar-refractivity contribution < 1.29 is 0 Å². The molecule has 0 bridgehead atoms. The van der Waals surface area contributed by atoms with Gasteiger partial charge in [-0.05, 0) is 32.6 Å². The van der Waals surface area contributed by atoms with Gasteiger partial charge in [-0.2, -0.15) is 0 Å². The van der Waals surface area contributed by atoms with Crippen LogP contribution in [0.1, 0.15) is 49.7 Å². The molecule has 1 heterocycles. The quantitative estimate of drug-likeness (QED) is 0.845. The monoisotopic (exact) mass is 219 g/mol. The predicted molar refractivity (Wildman–Crippen MR) is 66.8 cm³/mol. The smallest absolute Gasteiger partial charge is 0.134 e. The molecule has 0 aromatic carbocycles. The highest BCUT2D eigenvalue weighted by Crippen LogP contribution is 2.45. The summed E-state index contributed by atoms with van der Waals surface area (Å²) >= 11 is 0. The first-order valence-corrected chi connectivity index (χ1v) is 6.22. The van der Waals surface area contributed by atoms with Gasteiger partial charge in [-0.25, -0.2) is 9.97 Å². The standard InChI is InChI=1S/C13H21N3/c1-5-6-14-12-9(3)10(4)15-13(16-12)11-7-8(11)2/h8,11H,5-7H2,1-4H3,(H,14,15,16). The molecule has 2 rings (SSSR count). The SMILES string of the molecule is CCCNc1nc(C2CC2C)nc(C)c1C. The van der Waals surface area contributed by atoms with Crippen molar-refractivity contribution in [3.63, 3.8) is 0 Å². The predicted octanol–water partition coefficient (Wildman–Crippen LogP) is 3.04. The molecule has 1 aliphatic carbocycles. The zero-order valence-electron chi connectivity index (χ0n) is 10.7. The number of nitrogens with one attached hydrogen (secondary N) is 1. The molecule has 2 atom stereocenters. The highest BCUT2D eigenvalue weighted by atomic mass is 15.0. The van der Waals surface area contributed by atoms with Crippen molar-refractivity contribution in [1.82, 2.24) is 9.97 Å². The van der Waals surface area contributed by atoms with Crippen LogP contribution in [0, 0.1) is 19.8 Å². The summed E-state index contributed by atoms with van der Waals surface area (Å²) in [5, 5.41) is 3.39. The zero-order chi connectivity index (χ0) is 11.7. The van der Waals surface area contributed by atoms with Gasteiger partial charge in [-0.15, -0.1) is 0 Å². The summed E-state index contributed by atoms with van der Waals surface area (Å²) in [4.78, 5) is 9.26. The van der Waals surface area contributed by atoms with Crippen LogP contribution in [0.25, 0.3) is 0 Å². The molecular weight excluding hydrogens is 198 g/mol. The van der Waals surface area contributed by atoms with Gasteiger partial charge in [-0.1, -0.05) is 13.8 Å². The topological polar surface area (TPSA) is 37.8 Å². The van der Waals surface area contributed by atoms with Crippen LogP contribution in [0.2, 0.25) is 0 Å². The zero-order valence-corrected chi connectivity index (χ0v) is 10.7. The largest absolute Gasteiger partial charge is 0.370 e. The lowest BCUT2D eigenvalue weighted by molar-refractivity contribution is 0.824. The van der Waals surface area contributed by atoms with Crippen molar-refractivity contribution in [2.45, 2.75) is 46.5 Å². The number of hydrogen-bond acceptors (Lipinski definition) is 3. The maximum Gasteiger partial charge on any atom is 0.134 e. The van der Waals surface area contributed by atoms with E-state index < -0.39 is 0 Å². The molecule has 0 aliphatic heterocycles. The molecule has 3 nitrogen and oxygen atoms in total. The molecule has 1 N–H and O–H groups in total. The Morgan fingerprint density at radius 2 is 2.00 bits per heavy atom. The second-order valence-corrected chi connectivity index (χ2v) is 4.89. The molecule has 1 aliphatic rings. The van der Waals surface area contributed by atoms with Gasteiger partial charge in [0, 0.05) is 23.7 Å².